The molecule has 88 valence electrons. The average Bonchev–Trinajstić information content (AvgIpc) is 2.62. The van der Waals surface area contributed by atoms with Crippen LogP contribution in [0.2, 0.25) is 0 Å². The first-order valence-electron chi connectivity index (χ1n) is 5.64. The van der Waals surface area contributed by atoms with Gasteiger partial charge in [0.05, 0.1) is 12.3 Å². The molecule has 1 aromatic heterocycles. The molecule has 0 fully saturated rings. The normalized spacial score (nSPS) is 13.5. The van der Waals surface area contributed by atoms with Crippen molar-refractivity contribution in [2.45, 2.75) is 18.2 Å². The molecule has 1 N–H and O–H groups in total. The molecule has 0 radical (unpaired) electrons. The highest BCUT2D eigenvalue weighted by Gasteiger charge is 2.18. The summed E-state index contributed by atoms with van der Waals surface area (Å²) in [5.41, 5.74) is 3.32. The summed E-state index contributed by atoms with van der Waals surface area (Å²) in [5, 5.41) is 0. The Morgan fingerprint density at radius 2 is 2.29 bits per heavy atom. The fourth-order valence-electron chi connectivity index (χ4n) is 2.15. The molecule has 3 nitrogen and oxygen atoms in total. The summed E-state index contributed by atoms with van der Waals surface area (Å²) in [6.07, 6.45) is 2.96. The van der Waals surface area contributed by atoms with Gasteiger partial charge in [0.2, 0.25) is 0 Å². The van der Waals surface area contributed by atoms with E-state index in [1.165, 1.54) is 10.6 Å². The van der Waals surface area contributed by atoms with Gasteiger partial charge in [-0.15, -0.1) is 11.8 Å². The number of H-pyrrole nitrogens is 1. The lowest BCUT2D eigenvalue weighted by molar-refractivity contribution is 0.324. The number of imidazole rings is 1. The first-order valence-corrected chi connectivity index (χ1v) is 6.87. The van der Waals surface area contributed by atoms with Crippen molar-refractivity contribution in [3.63, 3.8) is 0 Å². The topological polar surface area (TPSA) is 37.9 Å². The van der Waals surface area contributed by atoms with Crippen molar-refractivity contribution in [1.82, 2.24) is 9.97 Å². The van der Waals surface area contributed by atoms with Crippen LogP contribution in [-0.4, -0.2) is 22.8 Å². The van der Waals surface area contributed by atoms with Crippen LogP contribution in [0.5, 0.6) is 5.75 Å². The van der Waals surface area contributed by atoms with E-state index >= 15 is 0 Å². The fourth-order valence-corrected chi connectivity index (χ4v) is 2.58. The average molecular weight is 246 g/mol. The van der Waals surface area contributed by atoms with Crippen LogP contribution in [0.15, 0.2) is 23.1 Å². The standard InChI is InChI=1S/C13H14N2OS/c1-8-14-11-5-6-16-12-7-9(17-2)3-4-10(12)13(11)15-8/h3-4,7H,5-6H2,1-2H3,(H,14,15). The van der Waals surface area contributed by atoms with Crippen molar-refractivity contribution in [2.24, 2.45) is 0 Å². The van der Waals surface area contributed by atoms with Gasteiger partial charge in [0.25, 0.3) is 0 Å². The van der Waals surface area contributed by atoms with Crippen molar-refractivity contribution in [2.75, 3.05) is 12.9 Å². The molecular weight excluding hydrogens is 232 g/mol. The van der Waals surface area contributed by atoms with Crippen molar-refractivity contribution >= 4 is 11.8 Å². The molecule has 0 saturated carbocycles. The quantitative estimate of drug-likeness (QED) is 0.786. The number of nitrogens with zero attached hydrogens (tertiary/aromatic N) is 1. The lowest BCUT2D eigenvalue weighted by Gasteiger charge is -2.08. The lowest BCUT2D eigenvalue weighted by Crippen LogP contribution is -1.99. The Bertz CT molecular complexity index is 563. The van der Waals surface area contributed by atoms with E-state index in [4.69, 9.17) is 4.74 Å². The number of hydrogen-bond donors (Lipinski definition) is 1. The molecule has 17 heavy (non-hydrogen) atoms. The second kappa shape index (κ2) is 4.11. The molecule has 0 unspecified atom stereocenters. The first kappa shape index (κ1) is 10.7. The largest absolute Gasteiger partial charge is 0.492 e. The predicted octanol–water partition coefficient (Wildman–Crippen LogP) is 3.04. The van der Waals surface area contributed by atoms with Gasteiger partial charge in [-0.2, -0.15) is 0 Å². The van der Waals surface area contributed by atoms with Crippen LogP contribution in [0.3, 0.4) is 0 Å². The Hall–Kier alpha value is -1.42. The van der Waals surface area contributed by atoms with Gasteiger partial charge in [-0.05, 0) is 31.4 Å². The summed E-state index contributed by atoms with van der Waals surface area (Å²) in [4.78, 5) is 9.10. The summed E-state index contributed by atoms with van der Waals surface area (Å²) >= 11 is 1.73. The van der Waals surface area contributed by atoms with E-state index < -0.39 is 0 Å². The number of fused-ring (bicyclic) bond motifs is 3. The zero-order chi connectivity index (χ0) is 11.8. The van der Waals surface area contributed by atoms with Crippen LogP contribution in [0, 0.1) is 6.92 Å². The van der Waals surface area contributed by atoms with E-state index in [2.05, 4.69) is 34.4 Å². The maximum Gasteiger partial charge on any atom is 0.129 e. The summed E-state index contributed by atoms with van der Waals surface area (Å²) in [5.74, 6) is 1.92. The minimum Gasteiger partial charge on any atom is -0.492 e. The van der Waals surface area contributed by atoms with Gasteiger partial charge in [0.15, 0.2) is 0 Å². The molecular formula is C13H14N2OS. The lowest BCUT2D eigenvalue weighted by atomic mass is 10.1. The summed E-state index contributed by atoms with van der Waals surface area (Å²) < 4.78 is 5.80. The van der Waals surface area contributed by atoms with Crippen molar-refractivity contribution in [3.05, 3.63) is 29.7 Å². The molecule has 1 aliphatic rings. The van der Waals surface area contributed by atoms with E-state index in [9.17, 15) is 0 Å². The molecule has 0 spiro atoms. The highest BCUT2D eigenvalue weighted by atomic mass is 32.2. The predicted molar refractivity (Wildman–Crippen MR) is 69.7 cm³/mol. The number of ether oxygens (including phenoxy) is 1. The highest BCUT2D eigenvalue weighted by Crippen LogP contribution is 2.36. The molecule has 3 rings (SSSR count). The molecule has 0 bridgehead atoms. The number of aryl methyl sites for hydroxylation is 1. The SMILES string of the molecule is CSc1ccc2c(c1)OCCc1[nH]c(C)nc1-2. The van der Waals surface area contributed by atoms with E-state index in [-0.39, 0.29) is 0 Å². The number of nitrogens with one attached hydrogen (secondary N) is 1. The Labute approximate surface area is 105 Å². The van der Waals surface area contributed by atoms with Crippen LogP contribution < -0.4 is 4.74 Å². The van der Waals surface area contributed by atoms with E-state index in [0.29, 0.717) is 6.61 Å². The van der Waals surface area contributed by atoms with Crippen LogP contribution in [-0.2, 0) is 6.42 Å². The smallest absolute Gasteiger partial charge is 0.129 e. The van der Waals surface area contributed by atoms with Gasteiger partial charge < -0.3 is 9.72 Å². The Morgan fingerprint density at radius 1 is 1.41 bits per heavy atom. The fraction of sp³-hybridized carbons (Fsp3) is 0.308. The van der Waals surface area contributed by atoms with Crippen LogP contribution >= 0.6 is 11.8 Å². The first-order chi connectivity index (χ1) is 8.28. The third kappa shape index (κ3) is 1.82. The van der Waals surface area contributed by atoms with Crippen LogP contribution in [0.25, 0.3) is 11.3 Å². The van der Waals surface area contributed by atoms with E-state index in [1.807, 2.05) is 6.92 Å². The molecule has 2 aromatic rings. The van der Waals surface area contributed by atoms with Gasteiger partial charge in [-0.1, -0.05) is 0 Å². The van der Waals surface area contributed by atoms with E-state index in [0.717, 1.165) is 29.3 Å². The zero-order valence-electron chi connectivity index (χ0n) is 9.91. The van der Waals surface area contributed by atoms with E-state index in [1.54, 1.807) is 11.8 Å². The third-order valence-corrected chi connectivity index (χ3v) is 3.68. The highest BCUT2D eigenvalue weighted by molar-refractivity contribution is 7.98. The van der Waals surface area contributed by atoms with Gasteiger partial charge in [-0.25, -0.2) is 4.98 Å². The summed E-state index contributed by atoms with van der Waals surface area (Å²) in [6, 6.07) is 6.32. The Morgan fingerprint density at radius 3 is 3.12 bits per heavy atom. The van der Waals surface area contributed by atoms with Crippen LogP contribution in [0.4, 0.5) is 0 Å². The minimum atomic E-state index is 0.708. The van der Waals surface area contributed by atoms with Gasteiger partial charge >= 0.3 is 0 Å². The number of aromatic amines is 1. The molecule has 2 heterocycles. The Balaban J connectivity index is 2.18. The molecule has 0 aliphatic carbocycles. The summed E-state index contributed by atoms with van der Waals surface area (Å²) in [7, 11) is 0. The molecule has 4 heteroatoms. The van der Waals surface area contributed by atoms with Crippen molar-refractivity contribution in [1.29, 1.82) is 0 Å². The summed E-state index contributed by atoms with van der Waals surface area (Å²) in [6.45, 7) is 2.70. The molecule has 1 aromatic carbocycles. The monoisotopic (exact) mass is 246 g/mol. The number of benzene rings is 1. The minimum absolute atomic E-state index is 0.708. The van der Waals surface area contributed by atoms with Crippen molar-refractivity contribution in [3.8, 4) is 17.0 Å². The Kier molecular flexibility index (Phi) is 2.59. The number of hydrogen-bond acceptors (Lipinski definition) is 3. The second-order valence-corrected chi connectivity index (χ2v) is 4.99. The number of rotatable bonds is 1. The van der Waals surface area contributed by atoms with Gasteiger partial charge in [0, 0.05) is 22.6 Å². The van der Waals surface area contributed by atoms with Gasteiger partial charge in [0.1, 0.15) is 11.6 Å². The zero-order valence-corrected chi connectivity index (χ0v) is 10.7. The maximum atomic E-state index is 5.80. The van der Waals surface area contributed by atoms with Gasteiger partial charge in [-0.3, -0.25) is 0 Å². The second-order valence-electron chi connectivity index (χ2n) is 4.11. The maximum absolute atomic E-state index is 5.80. The van der Waals surface area contributed by atoms with Crippen molar-refractivity contribution < 1.29 is 4.74 Å². The molecule has 0 atom stereocenters. The van der Waals surface area contributed by atoms with Crippen LogP contribution in [0.1, 0.15) is 11.5 Å². The molecule has 0 saturated heterocycles. The number of aromatic nitrogens is 2. The third-order valence-electron chi connectivity index (χ3n) is 2.95. The molecule has 0 amide bonds. The number of thioether (sulfide) groups is 1. The molecule has 1 aliphatic heterocycles.